The van der Waals surface area contributed by atoms with E-state index in [1.54, 1.807) is 12.1 Å². The van der Waals surface area contributed by atoms with Crippen molar-refractivity contribution in [1.29, 1.82) is 5.26 Å². The van der Waals surface area contributed by atoms with E-state index < -0.39 is 0 Å². The van der Waals surface area contributed by atoms with Gasteiger partial charge in [0, 0.05) is 31.7 Å². The molecule has 0 aromatic heterocycles. The lowest BCUT2D eigenvalue weighted by Crippen LogP contribution is -2.54. The topological polar surface area (TPSA) is 30.3 Å². The molecule has 2 fully saturated rings. The first-order chi connectivity index (χ1) is 12.6. The highest BCUT2D eigenvalue weighted by Gasteiger charge is 2.51. The van der Waals surface area contributed by atoms with Crippen molar-refractivity contribution in [1.82, 2.24) is 4.90 Å². The van der Waals surface area contributed by atoms with Gasteiger partial charge in [-0.05, 0) is 48.6 Å². The third-order valence-corrected chi connectivity index (χ3v) is 5.85. The van der Waals surface area contributed by atoms with E-state index in [4.69, 9.17) is 5.26 Å². The highest BCUT2D eigenvalue weighted by Crippen LogP contribution is 2.46. The highest BCUT2D eigenvalue weighted by molar-refractivity contribution is 5.52. The first kappa shape index (κ1) is 17.1. The molecule has 134 valence electrons. The standard InChI is InChI=1S/C22H24FN3/c1-2-17-3-5-18(6-4-17)15-26-12-11-25(16-22(26)9-10-22)21-8-7-19(14-24)13-20(21)23/h3-8,13H,2,9-12,15-16H2,1H3. The van der Waals surface area contributed by atoms with Crippen molar-refractivity contribution in [3.05, 3.63) is 65.0 Å². The molecule has 2 aromatic carbocycles. The van der Waals surface area contributed by atoms with Gasteiger partial charge < -0.3 is 4.90 Å². The third-order valence-electron chi connectivity index (χ3n) is 5.85. The molecule has 3 nitrogen and oxygen atoms in total. The van der Waals surface area contributed by atoms with Gasteiger partial charge in [-0.15, -0.1) is 0 Å². The monoisotopic (exact) mass is 349 g/mol. The van der Waals surface area contributed by atoms with Crippen LogP contribution in [-0.2, 0) is 13.0 Å². The number of halogens is 1. The Balaban J connectivity index is 1.47. The Morgan fingerprint density at radius 1 is 1.08 bits per heavy atom. The van der Waals surface area contributed by atoms with Crippen LogP contribution in [0, 0.1) is 17.1 Å². The van der Waals surface area contributed by atoms with E-state index in [1.807, 2.05) is 6.07 Å². The second-order valence-electron chi connectivity index (χ2n) is 7.52. The van der Waals surface area contributed by atoms with E-state index in [2.05, 4.69) is 41.0 Å². The fraction of sp³-hybridized carbons (Fsp3) is 0.409. The summed E-state index contributed by atoms with van der Waals surface area (Å²) < 4.78 is 14.4. The summed E-state index contributed by atoms with van der Waals surface area (Å²) in [5.41, 5.74) is 3.91. The number of nitriles is 1. The zero-order chi connectivity index (χ0) is 18.1. The van der Waals surface area contributed by atoms with Gasteiger partial charge >= 0.3 is 0 Å². The molecule has 26 heavy (non-hydrogen) atoms. The van der Waals surface area contributed by atoms with Crippen LogP contribution in [0.5, 0.6) is 0 Å². The summed E-state index contributed by atoms with van der Waals surface area (Å²) in [6.45, 7) is 5.76. The minimum absolute atomic E-state index is 0.183. The van der Waals surface area contributed by atoms with E-state index >= 15 is 0 Å². The lowest BCUT2D eigenvalue weighted by atomic mass is 10.1. The second-order valence-corrected chi connectivity index (χ2v) is 7.52. The van der Waals surface area contributed by atoms with Crippen molar-refractivity contribution in [3.63, 3.8) is 0 Å². The number of nitrogens with zero attached hydrogens (tertiary/aromatic N) is 3. The fourth-order valence-electron chi connectivity index (χ4n) is 4.02. The van der Waals surface area contributed by atoms with Crippen LogP contribution in [0.2, 0.25) is 0 Å². The summed E-state index contributed by atoms with van der Waals surface area (Å²) in [6, 6.07) is 15.7. The number of hydrogen-bond acceptors (Lipinski definition) is 3. The van der Waals surface area contributed by atoms with Crippen molar-refractivity contribution in [2.75, 3.05) is 24.5 Å². The summed E-state index contributed by atoms with van der Waals surface area (Å²) in [5, 5.41) is 8.93. The average molecular weight is 349 g/mol. The molecule has 1 aliphatic carbocycles. The van der Waals surface area contributed by atoms with Crippen LogP contribution in [0.1, 0.15) is 36.5 Å². The molecule has 4 rings (SSSR count). The first-order valence-corrected chi connectivity index (χ1v) is 9.41. The Labute approximate surface area is 154 Å². The van der Waals surface area contributed by atoms with Crippen LogP contribution in [0.3, 0.4) is 0 Å². The summed E-state index contributed by atoms with van der Waals surface area (Å²) in [7, 11) is 0. The van der Waals surface area contributed by atoms with Gasteiger partial charge in [0.05, 0.1) is 17.3 Å². The largest absolute Gasteiger partial charge is 0.366 e. The minimum Gasteiger partial charge on any atom is -0.366 e. The molecule has 0 radical (unpaired) electrons. The van der Waals surface area contributed by atoms with Crippen LogP contribution >= 0.6 is 0 Å². The maximum Gasteiger partial charge on any atom is 0.147 e. The quantitative estimate of drug-likeness (QED) is 0.832. The zero-order valence-electron chi connectivity index (χ0n) is 15.2. The molecule has 2 aromatic rings. The average Bonchev–Trinajstić information content (AvgIpc) is 3.44. The SMILES string of the molecule is CCc1ccc(CN2CCN(c3ccc(C#N)cc3F)CC23CC3)cc1. The smallest absolute Gasteiger partial charge is 0.147 e. The molecule has 0 atom stereocenters. The number of rotatable bonds is 4. The molecular formula is C22H24FN3. The molecule has 0 bridgehead atoms. The Bertz CT molecular complexity index is 833. The van der Waals surface area contributed by atoms with Crippen LogP contribution in [-0.4, -0.2) is 30.1 Å². The Morgan fingerprint density at radius 2 is 1.81 bits per heavy atom. The van der Waals surface area contributed by atoms with Gasteiger partial charge in [-0.3, -0.25) is 4.90 Å². The van der Waals surface area contributed by atoms with Crippen LogP contribution in [0.15, 0.2) is 42.5 Å². The van der Waals surface area contributed by atoms with Crippen LogP contribution < -0.4 is 4.90 Å². The molecule has 2 aliphatic rings. The molecule has 1 saturated heterocycles. The van der Waals surface area contributed by atoms with E-state index in [1.165, 1.54) is 30.0 Å². The summed E-state index contributed by atoms with van der Waals surface area (Å²) in [4.78, 5) is 4.73. The van der Waals surface area contributed by atoms with Gasteiger partial charge in [0.25, 0.3) is 0 Å². The minimum atomic E-state index is -0.288. The lowest BCUT2D eigenvalue weighted by molar-refractivity contribution is 0.149. The number of piperazine rings is 1. The molecule has 1 aliphatic heterocycles. The second kappa shape index (κ2) is 6.74. The Hall–Kier alpha value is -2.38. The van der Waals surface area contributed by atoms with Gasteiger partial charge in [-0.1, -0.05) is 31.2 Å². The normalized spacial score (nSPS) is 18.7. The van der Waals surface area contributed by atoms with Crippen molar-refractivity contribution >= 4 is 5.69 Å². The lowest BCUT2D eigenvalue weighted by Gasteiger charge is -2.43. The zero-order valence-corrected chi connectivity index (χ0v) is 15.2. The Morgan fingerprint density at radius 3 is 2.42 bits per heavy atom. The predicted molar refractivity (Wildman–Crippen MR) is 102 cm³/mol. The predicted octanol–water partition coefficient (Wildman–Crippen LogP) is 4.11. The van der Waals surface area contributed by atoms with E-state index in [-0.39, 0.29) is 11.4 Å². The summed E-state index contributed by atoms with van der Waals surface area (Å²) in [5.74, 6) is -0.288. The maximum atomic E-state index is 14.4. The molecule has 1 saturated carbocycles. The fourth-order valence-corrected chi connectivity index (χ4v) is 4.02. The maximum absolute atomic E-state index is 14.4. The van der Waals surface area contributed by atoms with Crippen molar-refractivity contribution in [2.45, 2.75) is 38.3 Å². The van der Waals surface area contributed by atoms with Gasteiger partial charge in [-0.2, -0.15) is 5.26 Å². The van der Waals surface area contributed by atoms with E-state index in [9.17, 15) is 4.39 Å². The molecular weight excluding hydrogens is 325 g/mol. The third kappa shape index (κ3) is 3.20. The molecule has 0 unspecified atom stereocenters. The van der Waals surface area contributed by atoms with E-state index in [0.717, 1.165) is 32.6 Å². The van der Waals surface area contributed by atoms with Crippen LogP contribution in [0.4, 0.5) is 10.1 Å². The number of anilines is 1. The van der Waals surface area contributed by atoms with Gasteiger partial charge in [0.15, 0.2) is 0 Å². The Kier molecular flexibility index (Phi) is 4.42. The van der Waals surface area contributed by atoms with Gasteiger partial charge in [0.2, 0.25) is 0 Å². The molecule has 4 heteroatoms. The molecule has 0 amide bonds. The number of benzene rings is 2. The van der Waals surface area contributed by atoms with Crippen molar-refractivity contribution < 1.29 is 4.39 Å². The van der Waals surface area contributed by atoms with Gasteiger partial charge in [-0.25, -0.2) is 4.39 Å². The first-order valence-electron chi connectivity index (χ1n) is 9.41. The van der Waals surface area contributed by atoms with Crippen LogP contribution in [0.25, 0.3) is 0 Å². The number of aryl methyl sites for hydroxylation is 1. The highest BCUT2D eigenvalue weighted by atomic mass is 19.1. The molecule has 0 N–H and O–H groups in total. The molecule has 1 heterocycles. The van der Waals surface area contributed by atoms with Crippen molar-refractivity contribution in [2.24, 2.45) is 0 Å². The number of hydrogen-bond donors (Lipinski definition) is 0. The van der Waals surface area contributed by atoms with Crippen molar-refractivity contribution in [3.8, 4) is 6.07 Å². The molecule has 1 spiro atoms. The summed E-state index contributed by atoms with van der Waals surface area (Å²) >= 11 is 0. The van der Waals surface area contributed by atoms with E-state index in [0.29, 0.717) is 11.3 Å². The van der Waals surface area contributed by atoms with Gasteiger partial charge in [0.1, 0.15) is 5.82 Å². The summed E-state index contributed by atoms with van der Waals surface area (Å²) in [6.07, 6.45) is 3.42.